The minimum absolute atomic E-state index is 0.243. The Balaban J connectivity index is 1.64. The summed E-state index contributed by atoms with van der Waals surface area (Å²) in [7, 11) is 3.75. The zero-order valence-corrected chi connectivity index (χ0v) is 13.4. The van der Waals surface area contributed by atoms with Gasteiger partial charge in [-0.05, 0) is 13.5 Å². The molecule has 0 aliphatic carbocycles. The summed E-state index contributed by atoms with van der Waals surface area (Å²) in [5, 5.41) is 10.6. The molecule has 1 aromatic rings. The molecule has 2 atom stereocenters. The average Bonchev–Trinajstić information content (AvgIpc) is 2.56. The SMILES string of the molecule is COc1nccnc1N1CC[C@@H](N2CCN(C)CC2)[C@H](O)C1. The average molecular weight is 307 g/mol. The summed E-state index contributed by atoms with van der Waals surface area (Å²) in [6, 6.07) is 0.243. The van der Waals surface area contributed by atoms with Crippen LogP contribution >= 0.6 is 0 Å². The molecule has 2 aliphatic rings. The Labute approximate surface area is 131 Å². The Morgan fingerprint density at radius 3 is 2.55 bits per heavy atom. The number of nitrogens with zero attached hydrogens (tertiary/aromatic N) is 5. The van der Waals surface area contributed by atoms with Crippen molar-refractivity contribution in [2.75, 3.05) is 58.3 Å². The van der Waals surface area contributed by atoms with Gasteiger partial charge in [0.15, 0.2) is 5.82 Å². The third kappa shape index (κ3) is 3.16. The van der Waals surface area contributed by atoms with Crippen LogP contribution in [-0.4, -0.2) is 90.4 Å². The lowest BCUT2D eigenvalue weighted by atomic mass is 9.99. The number of β-amino-alcohol motifs (C(OH)–C–C–N with tert-alkyl or cyclic N) is 1. The fraction of sp³-hybridized carbons (Fsp3) is 0.733. The molecular formula is C15H25N5O2. The number of aliphatic hydroxyl groups excluding tert-OH is 1. The van der Waals surface area contributed by atoms with Crippen LogP contribution in [0.2, 0.25) is 0 Å². The zero-order valence-electron chi connectivity index (χ0n) is 13.4. The smallest absolute Gasteiger partial charge is 0.257 e. The Morgan fingerprint density at radius 2 is 1.86 bits per heavy atom. The number of aliphatic hydroxyl groups is 1. The Morgan fingerprint density at radius 1 is 1.14 bits per heavy atom. The normalized spacial score (nSPS) is 27.9. The van der Waals surface area contributed by atoms with Gasteiger partial charge in [-0.15, -0.1) is 0 Å². The van der Waals surface area contributed by atoms with Gasteiger partial charge in [-0.3, -0.25) is 4.90 Å². The van der Waals surface area contributed by atoms with Crippen molar-refractivity contribution in [1.82, 2.24) is 19.8 Å². The molecule has 2 saturated heterocycles. The fourth-order valence-electron chi connectivity index (χ4n) is 3.37. The number of aromatic nitrogens is 2. The summed E-state index contributed by atoms with van der Waals surface area (Å²) >= 11 is 0. The highest BCUT2D eigenvalue weighted by molar-refractivity contribution is 5.48. The van der Waals surface area contributed by atoms with Crippen molar-refractivity contribution in [1.29, 1.82) is 0 Å². The van der Waals surface area contributed by atoms with E-state index >= 15 is 0 Å². The Kier molecular flexibility index (Phi) is 4.75. The molecule has 1 aromatic heterocycles. The minimum atomic E-state index is -0.371. The summed E-state index contributed by atoms with van der Waals surface area (Å²) in [6.07, 6.45) is 3.85. The van der Waals surface area contributed by atoms with Crippen LogP contribution in [0, 0.1) is 0 Å². The lowest BCUT2D eigenvalue weighted by Crippen LogP contribution is -2.58. The highest BCUT2D eigenvalue weighted by atomic mass is 16.5. The van der Waals surface area contributed by atoms with E-state index < -0.39 is 0 Å². The first-order chi connectivity index (χ1) is 10.7. The number of methoxy groups -OCH3 is 1. The van der Waals surface area contributed by atoms with Crippen LogP contribution in [0.3, 0.4) is 0 Å². The summed E-state index contributed by atoms with van der Waals surface area (Å²) in [5.41, 5.74) is 0. The monoisotopic (exact) mass is 307 g/mol. The maximum absolute atomic E-state index is 10.6. The molecule has 2 aliphatic heterocycles. The van der Waals surface area contributed by atoms with Gasteiger partial charge in [0.25, 0.3) is 5.88 Å². The molecule has 0 spiro atoms. The molecule has 22 heavy (non-hydrogen) atoms. The maximum atomic E-state index is 10.6. The number of hydrogen-bond acceptors (Lipinski definition) is 7. The standard InChI is InChI=1S/C15H25N5O2/c1-18-7-9-19(10-8-18)12-3-6-20(11-13(12)21)14-15(22-2)17-5-4-16-14/h4-5,12-13,21H,3,6-11H2,1-2H3/t12-,13-/m1/s1. The van der Waals surface area contributed by atoms with Gasteiger partial charge >= 0.3 is 0 Å². The van der Waals surface area contributed by atoms with Crippen molar-refractivity contribution in [3.8, 4) is 5.88 Å². The molecule has 1 N–H and O–H groups in total. The van der Waals surface area contributed by atoms with Crippen LogP contribution in [0.1, 0.15) is 6.42 Å². The topological polar surface area (TPSA) is 65.0 Å². The van der Waals surface area contributed by atoms with Gasteiger partial charge in [-0.25, -0.2) is 9.97 Å². The molecule has 0 aromatic carbocycles. The summed E-state index contributed by atoms with van der Waals surface area (Å²) < 4.78 is 5.28. The maximum Gasteiger partial charge on any atom is 0.257 e. The molecule has 7 heteroatoms. The lowest BCUT2D eigenvalue weighted by Gasteiger charge is -2.44. The first-order valence-electron chi connectivity index (χ1n) is 7.89. The van der Waals surface area contributed by atoms with Crippen LogP contribution < -0.4 is 9.64 Å². The van der Waals surface area contributed by atoms with E-state index in [0.29, 0.717) is 12.4 Å². The van der Waals surface area contributed by atoms with Crippen LogP contribution in [0.4, 0.5) is 5.82 Å². The number of likely N-dealkylation sites (N-methyl/N-ethyl adjacent to an activating group) is 1. The van der Waals surface area contributed by atoms with E-state index in [1.807, 2.05) is 0 Å². The van der Waals surface area contributed by atoms with E-state index in [0.717, 1.165) is 45.0 Å². The van der Waals surface area contributed by atoms with Crippen LogP contribution in [0.25, 0.3) is 0 Å². The molecule has 0 radical (unpaired) electrons. The zero-order chi connectivity index (χ0) is 15.5. The third-order valence-electron chi connectivity index (χ3n) is 4.69. The van der Waals surface area contributed by atoms with Crippen LogP contribution in [0.15, 0.2) is 12.4 Å². The second kappa shape index (κ2) is 6.76. The molecule has 7 nitrogen and oxygen atoms in total. The van der Waals surface area contributed by atoms with Crippen molar-refractivity contribution < 1.29 is 9.84 Å². The van der Waals surface area contributed by atoms with Crippen molar-refractivity contribution in [2.24, 2.45) is 0 Å². The van der Waals surface area contributed by atoms with E-state index in [4.69, 9.17) is 4.74 Å². The van der Waals surface area contributed by atoms with Gasteiger partial charge in [0.2, 0.25) is 0 Å². The quantitative estimate of drug-likeness (QED) is 0.820. The largest absolute Gasteiger partial charge is 0.478 e. The number of rotatable bonds is 3. The number of hydrogen-bond donors (Lipinski definition) is 1. The Bertz CT molecular complexity index is 493. The number of piperazine rings is 1. The van der Waals surface area contributed by atoms with E-state index in [2.05, 4.69) is 31.7 Å². The molecule has 0 unspecified atom stereocenters. The molecule has 122 valence electrons. The second-order valence-corrected chi connectivity index (χ2v) is 6.10. The number of anilines is 1. The van der Waals surface area contributed by atoms with Gasteiger partial charge in [0.1, 0.15) is 0 Å². The molecule has 0 saturated carbocycles. The summed E-state index contributed by atoms with van der Waals surface area (Å²) in [5.74, 6) is 1.24. The van der Waals surface area contributed by atoms with Crippen molar-refractivity contribution >= 4 is 5.82 Å². The molecule has 0 amide bonds. The Hall–Kier alpha value is -1.44. The highest BCUT2D eigenvalue weighted by Crippen LogP contribution is 2.27. The van der Waals surface area contributed by atoms with E-state index in [1.54, 1.807) is 19.5 Å². The van der Waals surface area contributed by atoms with E-state index in [9.17, 15) is 5.11 Å². The molecule has 0 bridgehead atoms. The van der Waals surface area contributed by atoms with Gasteiger partial charge in [0, 0.05) is 57.7 Å². The highest BCUT2D eigenvalue weighted by Gasteiger charge is 2.34. The molecule has 3 rings (SSSR count). The van der Waals surface area contributed by atoms with Gasteiger partial charge < -0.3 is 19.6 Å². The molecular weight excluding hydrogens is 282 g/mol. The molecule has 2 fully saturated rings. The minimum Gasteiger partial charge on any atom is -0.478 e. The fourth-order valence-corrected chi connectivity index (χ4v) is 3.37. The van der Waals surface area contributed by atoms with Crippen molar-refractivity contribution in [3.63, 3.8) is 0 Å². The summed E-state index contributed by atoms with van der Waals surface area (Å²) in [6.45, 7) is 5.66. The van der Waals surface area contributed by atoms with Gasteiger partial charge in [-0.1, -0.05) is 0 Å². The van der Waals surface area contributed by atoms with Crippen molar-refractivity contribution in [2.45, 2.75) is 18.6 Å². The van der Waals surface area contributed by atoms with Crippen LogP contribution in [0.5, 0.6) is 5.88 Å². The number of ether oxygens (including phenoxy) is 1. The predicted molar refractivity (Wildman–Crippen MR) is 84.3 cm³/mol. The summed E-state index contributed by atoms with van der Waals surface area (Å²) in [4.78, 5) is 15.4. The number of piperidine rings is 1. The van der Waals surface area contributed by atoms with E-state index in [1.165, 1.54) is 0 Å². The van der Waals surface area contributed by atoms with Gasteiger partial charge in [0.05, 0.1) is 13.2 Å². The van der Waals surface area contributed by atoms with Crippen LogP contribution in [-0.2, 0) is 0 Å². The van der Waals surface area contributed by atoms with Gasteiger partial charge in [-0.2, -0.15) is 0 Å². The predicted octanol–water partition coefficient (Wildman–Crippen LogP) is -0.328. The third-order valence-corrected chi connectivity index (χ3v) is 4.69. The second-order valence-electron chi connectivity index (χ2n) is 6.10. The first-order valence-corrected chi connectivity index (χ1v) is 7.89. The van der Waals surface area contributed by atoms with Crippen molar-refractivity contribution in [3.05, 3.63) is 12.4 Å². The molecule has 3 heterocycles. The van der Waals surface area contributed by atoms with E-state index in [-0.39, 0.29) is 12.1 Å². The lowest BCUT2D eigenvalue weighted by molar-refractivity contribution is 0.0137. The first kappa shape index (κ1) is 15.5.